The number of hydrogen-bond acceptors (Lipinski definition) is 3. The van der Waals surface area contributed by atoms with E-state index in [0.29, 0.717) is 5.41 Å². The average Bonchev–Trinajstić information content (AvgIpc) is 3.17. The second kappa shape index (κ2) is 8.89. The number of rotatable bonds is 2. The van der Waals surface area contributed by atoms with Gasteiger partial charge in [0.15, 0.2) is 11.8 Å². The lowest BCUT2D eigenvalue weighted by molar-refractivity contribution is 0.115. The molecule has 0 atom stereocenters. The molecule has 2 aliphatic heterocycles. The van der Waals surface area contributed by atoms with Gasteiger partial charge in [-0.15, -0.1) is 34.2 Å². The lowest BCUT2D eigenvalue weighted by Crippen LogP contribution is -2.50. The van der Waals surface area contributed by atoms with Crippen molar-refractivity contribution >= 4 is 29.9 Å². The van der Waals surface area contributed by atoms with E-state index in [0.717, 1.165) is 43.7 Å². The number of aliphatic imine (C=N–C) groups is 1. The molecule has 1 aromatic heterocycles. The summed E-state index contributed by atoms with van der Waals surface area (Å²) in [5.74, 6) is 3.23. The molecule has 0 radical (unpaired) electrons. The van der Waals surface area contributed by atoms with Crippen molar-refractivity contribution in [3.63, 3.8) is 0 Å². The Hall–Kier alpha value is -0.860. The minimum absolute atomic E-state index is 0. The second-order valence-corrected chi connectivity index (χ2v) is 8.13. The van der Waals surface area contributed by atoms with E-state index in [1.165, 1.54) is 64.3 Å². The summed E-state index contributed by atoms with van der Waals surface area (Å²) in [6.45, 7) is 4.08. The van der Waals surface area contributed by atoms with Gasteiger partial charge in [-0.1, -0.05) is 25.7 Å². The van der Waals surface area contributed by atoms with E-state index >= 15 is 0 Å². The van der Waals surface area contributed by atoms with E-state index in [2.05, 4.69) is 30.0 Å². The lowest BCUT2D eigenvalue weighted by atomic mass is 9.74. The minimum atomic E-state index is 0. The fraction of sp³-hybridized carbons (Fsp3) is 0.842. The quantitative estimate of drug-likeness (QED) is 0.408. The molecule has 1 saturated heterocycles. The number of aromatic nitrogens is 3. The minimum Gasteiger partial charge on any atom is -0.349 e. The van der Waals surface area contributed by atoms with Gasteiger partial charge in [0.2, 0.25) is 0 Å². The molecule has 0 aromatic carbocycles. The molecular weight excluding hydrogens is 439 g/mol. The van der Waals surface area contributed by atoms with Crippen LogP contribution in [0.25, 0.3) is 0 Å². The molecule has 146 valence electrons. The Morgan fingerprint density at radius 2 is 1.81 bits per heavy atom. The third kappa shape index (κ3) is 4.17. The first-order chi connectivity index (χ1) is 12.3. The van der Waals surface area contributed by atoms with Crippen LogP contribution in [-0.2, 0) is 19.5 Å². The summed E-state index contributed by atoms with van der Waals surface area (Å²) in [4.78, 5) is 7.08. The van der Waals surface area contributed by atoms with Gasteiger partial charge < -0.3 is 14.8 Å². The highest BCUT2D eigenvalue weighted by Crippen LogP contribution is 2.42. The van der Waals surface area contributed by atoms with E-state index in [1.54, 1.807) is 0 Å². The Balaban J connectivity index is 0.00000196. The SMILES string of the molecule is CN=C(NCc1nnc2n1CCC2)N1CCCC2(CCCCCC2)C1.I. The molecule has 1 N–H and O–H groups in total. The van der Waals surface area contributed by atoms with Gasteiger partial charge in [-0.05, 0) is 37.5 Å². The van der Waals surface area contributed by atoms with Gasteiger partial charge in [0, 0.05) is 33.1 Å². The van der Waals surface area contributed by atoms with Crippen molar-refractivity contribution < 1.29 is 0 Å². The number of hydrogen-bond donors (Lipinski definition) is 1. The third-order valence-corrected chi connectivity index (χ3v) is 6.43. The molecule has 26 heavy (non-hydrogen) atoms. The predicted molar refractivity (Wildman–Crippen MR) is 115 cm³/mol. The van der Waals surface area contributed by atoms with Crippen molar-refractivity contribution in [3.8, 4) is 0 Å². The number of aryl methyl sites for hydroxylation is 1. The van der Waals surface area contributed by atoms with Crippen molar-refractivity contribution in [2.45, 2.75) is 77.3 Å². The molecule has 0 amide bonds. The Morgan fingerprint density at radius 1 is 1.04 bits per heavy atom. The van der Waals surface area contributed by atoms with Crippen molar-refractivity contribution in [2.24, 2.45) is 10.4 Å². The highest BCUT2D eigenvalue weighted by molar-refractivity contribution is 14.0. The standard InChI is InChI=1S/C19H32N6.HI/c1-20-18(21-14-17-23-22-16-8-6-13-25(16)17)24-12-7-11-19(15-24)9-4-2-3-5-10-19;/h2-15H2,1H3,(H,20,21);1H. The largest absolute Gasteiger partial charge is 0.349 e. The van der Waals surface area contributed by atoms with Gasteiger partial charge in [-0.25, -0.2) is 0 Å². The molecular formula is C19H33IN6. The molecule has 1 spiro atoms. The summed E-state index contributed by atoms with van der Waals surface area (Å²) in [5.41, 5.74) is 0.530. The molecule has 0 unspecified atom stereocenters. The number of nitrogens with one attached hydrogen (secondary N) is 1. The van der Waals surface area contributed by atoms with Gasteiger partial charge in [-0.2, -0.15) is 0 Å². The predicted octanol–water partition coefficient (Wildman–Crippen LogP) is 3.35. The molecule has 7 heteroatoms. The Morgan fingerprint density at radius 3 is 2.58 bits per heavy atom. The van der Waals surface area contributed by atoms with Crippen molar-refractivity contribution in [1.29, 1.82) is 0 Å². The molecule has 1 aliphatic carbocycles. The number of halogens is 1. The number of fused-ring (bicyclic) bond motifs is 1. The Bertz CT molecular complexity index is 618. The summed E-state index contributed by atoms with van der Waals surface area (Å²) in [6, 6.07) is 0. The molecule has 3 aliphatic rings. The summed E-state index contributed by atoms with van der Waals surface area (Å²) in [7, 11) is 1.91. The second-order valence-electron chi connectivity index (χ2n) is 8.13. The summed E-state index contributed by atoms with van der Waals surface area (Å²) < 4.78 is 2.27. The maximum absolute atomic E-state index is 4.58. The maximum Gasteiger partial charge on any atom is 0.194 e. The van der Waals surface area contributed by atoms with Crippen LogP contribution in [0.3, 0.4) is 0 Å². The van der Waals surface area contributed by atoms with Crippen molar-refractivity contribution in [3.05, 3.63) is 11.6 Å². The normalized spacial score (nSPS) is 22.7. The summed E-state index contributed by atoms with van der Waals surface area (Å²) in [6.07, 6.45) is 13.4. The highest BCUT2D eigenvalue weighted by Gasteiger charge is 2.36. The maximum atomic E-state index is 4.58. The Labute approximate surface area is 174 Å². The van der Waals surface area contributed by atoms with Crippen LogP contribution in [-0.4, -0.2) is 45.8 Å². The van der Waals surface area contributed by atoms with Crippen LogP contribution < -0.4 is 5.32 Å². The molecule has 1 saturated carbocycles. The van der Waals surface area contributed by atoms with Crippen LogP contribution in [0, 0.1) is 5.41 Å². The first kappa shape index (κ1) is 19.9. The third-order valence-electron chi connectivity index (χ3n) is 6.43. The fourth-order valence-corrected chi connectivity index (χ4v) is 5.11. The van der Waals surface area contributed by atoms with Crippen LogP contribution in [0.4, 0.5) is 0 Å². The first-order valence-electron chi connectivity index (χ1n) is 10.2. The molecule has 6 nitrogen and oxygen atoms in total. The van der Waals surface area contributed by atoms with Gasteiger partial charge >= 0.3 is 0 Å². The number of piperidine rings is 1. The summed E-state index contributed by atoms with van der Waals surface area (Å²) in [5, 5.41) is 12.2. The first-order valence-corrected chi connectivity index (χ1v) is 10.2. The molecule has 3 heterocycles. The van der Waals surface area contributed by atoms with Gasteiger partial charge in [0.05, 0.1) is 6.54 Å². The highest BCUT2D eigenvalue weighted by atomic mass is 127. The molecule has 4 rings (SSSR count). The monoisotopic (exact) mass is 472 g/mol. The summed E-state index contributed by atoms with van der Waals surface area (Å²) >= 11 is 0. The molecule has 1 aromatic rings. The zero-order valence-electron chi connectivity index (χ0n) is 16.0. The number of guanidine groups is 1. The van der Waals surface area contributed by atoms with Gasteiger partial charge in [-0.3, -0.25) is 4.99 Å². The van der Waals surface area contributed by atoms with E-state index < -0.39 is 0 Å². The zero-order chi connectivity index (χ0) is 17.1. The van der Waals surface area contributed by atoms with Crippen LogP contribution >= 0.6 is 24.0 Å². The average molecular weight is 472 g/mol. The van der Waals surface area contributed by atoms with E-state index in [1.807, 2.05) is 7.05 Å². The van der Waals surface area contributed by atoms with Crippen LogP contribution in [0.5, 0.6) is 0 Å². The molecule has 2 fully saturated rings. The zero-order valence-corrected chi connectivity index (χ0v) is 18.4. The topological polar surface area (TPSA) is 58.3 Å². The lowest BCUT2D eigenvalue weighted by Gasteiger charge is -2.44. The van der Waals surface area contributed by atoms with Crippen LogP contribution in [0.2, 0.25) is 0 Å². The van der Waals surface area contributed by atoms with Crippen molar-refractivity contribution in [2.75, 3.05) is 20.1 Å². The van der Waals surface area contributed by atoms with E-state index in [-0.39, 0.29) is 24.0 Å². The van der Waals surface area contributed by atoms with E-state index in [4.69, 9.17) is 0 Å². The van der Waals surface area contributed by atoms with E-state index in [9.17, 15) is 0 Å². The van der Waals surface area contributed by atoms with Gasteiger partial charge in [0.1, 0.15) is 5.82 Å². The smallest absolute Gasteiger partial charge is 0.194 e. The van der Waals surface area contributed by atoms with Gasteiger partial charge in [0.25, 0.3) is 0 Å². The number of nitrogens with zero attached hydrogens (tertiary/aromatic N) is 5. The Kier molecular flexibility index (Phi) is 6.80. The fourth-order valence-electron chi connectivity index (χ4n) is 5.11. The van der Waals surface area contributed by atoms with Crippen molar-refractivity contribution in [1.82, 2.24) is 25.0 Å². The molecule has 0 bridgehead atoms. The van der Waals surface area contributed by atoms with Crippen LogP contribution in [0.1, 0.15) is 69.4 Å². The number of likely N-dealkylation sites (tertiary alicyclic amines) is 1. The van der Waals surface area contributed by atoms with Crippen LogP contribution in [0.15, 0.2) is 4.99 Å².